The Labute approximate surface area is 138 Å². The van der Waals surface area contributed by atoms with Gasteiger partial charge in [-0.2, -0.15) is 0 Å². The van der Waals surface area contributed by atoms with Crippen LogP contribution in [0, 0.1) is 0 Å². The molecule has 1 aromatic rings. The molecular formula is C17H26BNO4. The van der Waals surface area contributed by atoms with Crippen LogP contribution < -0.4 is 10.8 Å². The molecule has 5 nitrogen and oxygen atoms in total. The maximum absolute atomic E-state index is 11.9. The van der Waals surface area contributed by atoms with Gasteiger partial charge in [-0.1, -0.05) is 31.5 Å². The number of para-hydroxylation sites is 1. The van der Waals surface area contributed by atoms with E-state index in [1.54, 1.807) is 0 Å². The molecule has 1 N–H and O–H groups in total. The van der Waals surface area contributed by atoms with Crippen LogP contribution in [0.1, 0.15) is 47.5 Å². The molecule has 1 aromatic carbocycles. The standard InChI is InChI=1S/C17H26BNO4/c1-6-7-12-21-15(20)19-14-11-9-8-10-13(14)18-22-16(2,3)17(4,5)23-18/h8-11H,6-7,12H2,1-5H3,(H,19,20). The van der Waals surface area contributed by atoms with Gasteiger partial charge in [-0.25, -0.2) is 4.79 Å². The van der Waals surface area contributed by atoms with Gasteiger partial charge in [0.15, 0.2) is 0 Å². The smallest absolute Gasteiger partial charge is 0.449 e. The summed E-state index contributed by atoms with van der Waals surface area (Å²) in [7, 11) is -0.521. The number of unbranched alkanes of at least 4 members (excludes halogenated alkanes) is 1. The molecule has 0 saturated carbocycles. The van der Waals surface area contributed by atoms with Crippen molar-refractivity contribution in [2.24, 2.45) is 0 Å². The lowest BCUT2D eigenvalue weighted by atomic mass is 9.78. The Kier molecular flexibility index (Phi) is 5.37. The minimum absolute atomic E-state index is 0.418. The van der Waals surface area contributed by atoms with Crippen LogP contribution in [0.4, 0.5) is 10.5 Å². The number of amides is 1. The number of carbonyl (C=O) groups excluding carboxylic acids is 1. The fourth-order valence-electron chi connectivity index (χ4n) is 2.24. The summed E-state index contributed by atoms with van der Waals surface area (Å²) in [6, 6.07) is 7.47. The number of hydrogen-bond donors (Lipinski definition) is 1. The van der Waals surface area contributed by atoms with Crippen LogP contribution >= 0.6 is 0 Å². The summed E-state index contributed by atoms with van der Waals surface area (Å²) in [5.41, 5.74) is 0.588. The van der Waals surface area contributed by atoms with Crippen LogP contribution in [-0.4, -0.2) is 31.0 Å². The number of ether oxygens (including phenoxy) is 1. The first-order valence-electron chi connectivity index (χ1n) is 8.15. The zero-order valence-corrected chi connectivity index (χ0v) is 14.6. The highest BCUT2D eigenvalue weighted by molar-refractivity contribution is 6.64. The molecule has 0 aromatic heterocycles. The molecular weight excluding hydrogens is 293 g/mol. The molecule has 1 saturated heterocycles. The second-order valence-corrected chi connectivity index (χ2v) is 6.79. The predicted molar refractivity (Wildman–Crippen MR) is 92.0 cm³/mol. The first-order valence-corrected chi connectivity index (χ1v) is 8.15. The average molecular weight is 319 g/mol. The van der Waals surface area contributed by atoms with E-state index in [0.29, 0.717) is 12.3 Å². The number of benzene rings is 1. The molecule has 126 valence electrons. The molecule has 1 aliphatic rings. The molecule has 1 fully saturated rings. The summed E-state index contributed by atoms with van der Waals surface area (Å²) in [4.78, 5) is 11.9. The summed E-state index contributed by atoms with van der Waals surface area (Å²) >= 11 is 0. The molecule has 1 heterocycles. The van der Waals surface area contributed by atoms with E-state index >= 15 is 0 Å². The van der Waals surface area contributed by atoms with E-state index in [4.69, 9.17) is 14.0 Å². The zero-order valence-electron chi connectivity index (χ0n) is 14.6. The van der Waals surface area contributed by atoms with Crippen LogP contribution in [0.3, 0.4) is 0 Å². The lowest BCUT2D eigenvalue weighted by molar-refractivity contribution is 0.00578. The number of nitrogens with one attached hydrogen (secondary N) is 1. The molecule has 1 aliphatic heterocycles. The molecule has 0 unspecified atom stereocenters. The third kappa shape index (κ3) is 4.06. The van der Waals surface area contributed by atoms with Gasteiger partial charge in [-0.05, 0) is 40.2 Å². The van der Waals surface area contributed by atoms with Crippen molar-refractivity contribution in [3.8, 4) is 0 Å². The fraction of sp³-hybridized carbons (Fsp3) is 0.588. The van der Waals surface area contributed by atoms with E-state index in [9.17, 15) is 4.79 Å². The van der Waals surface area contributed by atoms with Gasteiger partial charge in [0, 0.05) is 11.2 Å². The van der Waals surface area contributed by atoms with Crippen LogP contribution in [0.15, 0.2) is 24.3 Å². The number of rotatable bonds is 5. The third-order valence-corrected chi connectivity index (χ3v) is 4.44. The van der Waals surface area contributed by atoms with E-state index in [1.165, 1.54) is 0 Å². The lowest BCUT2D eigenvalue weighted by Crippen LogP contribution is -2.41. The second-order valence-electron chi connectivity index (χ2n) is 6.79. The van der Waals surface area contributed by atoms with Gasteiger partial charge >= 0.3 is 13.2 Å². The van der Waals surface area contributed by atoms with Crippen LogP contribution in [-0.2, 0) is 14.0 Å². The minimum atomic E-state index is -0.521. The summed E-state index contributed by atoms with van der Waals surface area (Å²) in [5, 5.41) is 2.78. The molecule has 0 atom stereocenters. The van der Waals surface area contributed by atoms with Crippen molar-refractivity contribution in [1.82, 2.24) is 0 Å². The maximum Gasteiger partial charge on any atom is 0.496 e. The van der Waals surface area contributed by atoms with E-state index in [-0.39, 0.29) is 0 Å². The van der Waals surface area contributed by atoms with Crippen LogP contribution in [0.25, 0.3) is 0 Å². The Morgan fingerprint density at radius 2 is 1.78 bits per heavy atom. The molecule has 6 heteroatoms. The Balaban J connectivity index is 2.11. The van der Waals surface area contributed by atoms with E-state index in [2.05, 4.69) is 12.2 Å². The Morgan fingerprint density at radius 1 is 1.17 bits per heavy atom. The largest absolute Gasteiger partial charge is 0.496 e. The van der Waals surface area contributed by atoms with Crippen LogP contribution in [0.2, 0.25) is 0 Å². The normalized spacial score (nSPS) is 18.7. The molecule has 0 radical (unpaired) electrons. The van der Waals surface area contributed by atoms with E-state index < -0.39 is 24.4 Å². The summed E-state index contributed by atoms with van der Waals surface area (Å²) in [6.07, 6.45) is 1.38. The average Bonchev–Trinajstić information content (AvgIpc) is 2.68. The molecule has 1 amide bonds. The van der Waals surface area contributed by atoms with Crippen molar-refractivity contribution in [3.63, 3.8) is 0 Å². The number of carbonyl (C=O) groups is 1. The van der Waals surface area contributed by atoms with Crippen molar-refractivity contribution in [3.05, 3.63) is 24.3 Å². The monoisotopic (exact) mass is 319 g/mol. The van der Waals surface area contributed by atoms with Gasteiger partial charge in [0.1, 0.15) is 0 Å². The lowest BCUT2D eigenvalue weighted by Gasteiger charge is -2.32. The van der Waals surface area contributed by atoms with Gasteiger partial charge in [0.2, 0.25) is 0 Å². The SMILES string of the molecule is CCCCOC(=O)Nc1ccccc1B1OC(C)(C)C(C)(C)O1. The van der Waals surface area contributed by atoms with Crippen LogP contribution in [0.5, 0.6) is 0 Å². The molecule has 23 heavy (non-hydrogen) atoms. The predicted octanol–water partition coefficient (Wildman–Crippen LogP) is 3.33. The third-order valence-electron chi connectivity index (χ3n) is 4.44. The fourth-order valence-corrected chi connectivity index (χ4v) is 2.24. The maximum atomic E-state index is 11.9. The van der Waals surface area contributed by atoms with Gasteiger partial charge in [-0.3, -0.25) is 5.32 Å². The molecule has 0 spiro atoms. The number of anilines is 1. The first-order chi connectivity index (χ1) is 10.8. The van der Waals surface area contributed by atoms with Gasteiger partial charge in [-0.15, -0.1) is 0 Å². The molecule has 2 rings (SSSR count). The highest BCUT2D eigenvalue weighted by Crippen LogP contribution is 2.36. The highest BCUT2D eigenvalue weighted by Gasteiger charge is 2.52. The van der Waals surface area contributed by atoms with Gasteiger partial charge in [0.05, 0.1) is 17.8 Å². The Bertz CT molecular complexity index is 543. The Morgan fingerprint density at radius 3 is 2.39 bits per heavy atom. The van der Waals surface area contributed by atoms with Gasteiger partial charge < -0.3 is 14.0 Å². The van der Waals surface area contributed by atoms with E-state index in [1.807, 2.05) is 52.0 Å². The zero-order chi connectivity index (χ0) is 17.1. The topological polar surface area (TPSA) is 56.8 Å². The summed E-state index contributed by atoms with van der Waals surface area (Å²) < 4.78 is 17.3. The summed E-state index contributed by atoms with van der Waals surface area (Å²) in [6.45, 7) is 10.5. The van der Waals surface area contributed by atoms with Crippen molar-refractivity contribution in [1.29, 1.82) is 0 Å². The van der Waals surface area contributed by atoms with Crippen molar-refractivity contribution in [2.75, 3.05) is 11.9 Å². The summed E-state index contributed by atoms with van der Waals surface area (Å²) in [5.74, 6) is 0. The first kappa shape index (κ1) is 17.8. The highest BCUT2D eigenvalue weighted by atomic mass is 16.7. The van der Waals surface area contributed by atoms with Crippen molar-refractivity contribution in [2.45, 2.75) is 58.7 Å². The molecule has 0 aliphatic carbocycles. The Hall–Kier alpha value is -1.53. The van der Waals surface area contributed by atoms with Crippen molar-refractivity contribution >= 4 is 24.4 Å². The quantitative estimate of drug-likeness (QED) is 0.668. The van der Waals surface area contributed by atoms with Gasteiger partial charge in [0.25, 0.3) is 0 Å². The molecule has 0 bridgehead atoms. The van der Waals surface area contributed by atoms with Crippen molar-refractivity contribution < 1.29 is 18.8 Å². The number of hydrogen-bond acceptors (Lipinski definition) is 4. The van der Waals surface area contributed by atoms with E-state index in [0.717, 1.165) is 18.3 Å². The second kappa shape index (κ2) is 6.93. The minimum Gasteiger partial charge on any atom is -0.449 e.